The topological polar surface area (TPSA) is 82.2 Å². The summed E-state index contributed by atoms with van der Waals surface area (Å²) in [6, 6.07) is 13.8. The predicted molar refractivity (Wildman–Crippen MR) is 126 cm³/mol. The van der Waals surface area contributed by atoms with E-state index < -0.39 is 5.91 Å². The monoisotopic (exact) mass is 554 g/mol. The van der Waals surface area contributed by atoms with E-state index >= 15 is 0 Å². The summed E-state index contributed by atoms with van der Waals surface area (Å²) in [7, 11) is 0. The summed E-state index contributed by atoms with van der Waals surface area (Å²) in [6.45, 7) is 0.534. The molecule has 2 aromatic carbocycles. The average Bonchev–Trinajstić information content (AvgIpc) is 3.40. The number of ether oxygens (including phenoxy) is 1. The van der Waals surface area contributed by atoms with Gasteiger partial charge in [0.15, 0.2) is 5.76 Å². The van der Waals surface area contributed by atoms with Crippen LogP contribution in [0.15, 0.2) is 63.7 Å². The molecule has 0 saturated heterocycles. The smallest absolute Gasteiger partial charge is 0.293 e. The maximum absolute atomic E-state index is 12.4. The lowest BCUT2D eigenvalue weighted by molar-refractivity contribution is 0.0991. The van der Waals surface area contributed by atoms with Crippen molar-refractivity contribution in [2.75, 3.05) is 5.32 Å². The number of halogens is 4. The third kappa shape index (κ3) is 5.63. The minimum Gasteiger partial charge on any atom is -0.484 e. The Hall–Kier alpha value is -2.52. The third-order valence-corrected chi connectivity index (χ3v) is 5.77. The standard InChI is InChI=1S/C21H14BrCl3N4O3/c22-13-2-5-18(17(25)8-13)31-10-14-3-6-19(32-14)20(30)27-21-26-11-29(28-21)9-12-1-4-15(23)16(24)7-12/h1-8,11H,9-10H2,(H,27,28,30). The van der Waals surface area contributed by atoms with Crippen molar-refractivity contribution in [1.29, 1.82) is 0 Å². The molecule has 1 N–H and O–H groups in total. The van der Waals surface area contributed by atoms with Crippen molar-refractivity contribution in [2.45, 2.75) is 13.2 Å². The van der Waals surface area contributed by atoms with Gasteiger partial charge < -0.3 is 9.15 Å². The van der Waals surface area contributed by atoms with Gasteiger partial charge in [0.1, 0.15) is 24.4 Å². The average molecular weight is 557 g/mol. The van der Waals surface area contributed by atoms with E-state index in [4.69, 9.17) is 44.0 Å². The Kier molecular flexibility index (Phi) is 7.05. The maximum Gasteiger partial charge on any atom is 0.293 e. The Morgan fingerprint density at radius 1 is 1.06 bits per heavy atom. The molecule has 0 fully saturated rings. The lowest BCUT2D eigenvalue weighted by Gasteiger charge is -2.06. The number of furan rings is 1. The van der Waals surface area contributed by atoms with Gasteiger partial charge in [-0.15, -0.1) is 5.10 Å². The molecule has 7 nitrogen and oxygen atoms in total. The van der Waals surface area contributed by atoms with Gasteiger partial charge in [0, 0.05) is 4.47 Å². The molecule has 2 aromatic heterocycles. The van der Waals surface area contributed by atoms with Crippen LogP contribution >= 0.6 is 50.7 Å². The first-order valence-corrected chi connectivity index (χ1v) is 11.1. The quantitative estimate of drug-likeness (QED) is 0.282. The number of benzene rings is 2. The fourth-order valence-corrected chi connectivity index (χ4v) is 3.78. The molecule has 164 valence electrons. The van der Waals surface area contributed by atoms with Crippen LogP contribution < -0.4 is 10.1 Å². The highest BCUT2D eigenvalue weighted by atomic mass is 79.9. The molecule has 0 bridgehead atoms. The van der Waals surface area contributed by atoms with Crippen molar-refractivity contribution in [3.05, 3.63) is 91.5 Å². The molecule has 0 saturated carbocycles. The summed E-state index contributed by atoms with van der Waals surface area (Å²) in [4.78, 5) is 16.5. The normalized spacial score (nSPS) is 10.9. The molecule has 0 aliphatic rings. The summed E-state index contributed by atoms with van der Waals surface area (Å²) in [6.07, 6.45) is 1.50. The lowest BCUT2D eigenvalue weighted by atomic mass is 10.2. The zero-order chi connectivity index (χ0) is 22.7. The lowest BCUT2D eigenvalue weighted by Crippen LogP contribution is -2.12. The number of amides is 1. The molecule has 4 aromatic rings. The van der Waals surface area contributed by atoms with E-state index in [-0.39, 0.29) is 18.3 Å². The molecule has 0 unspecified atom stereocenters. The first-order valence-electron chi connectivity index (χ1n) is 9.18. The van der Waals surface area contributed by atoms with Gasteiger partial charge >= 0.3 is 0 Å². The van der Waals surface area contributed by atoms with Crippen molar-refractivity contribution >= 4 is 62.6 Å². The number of nitrogens with one attached hydrogen (secondary N) is 1. The van der Waals surface area contributed by atoms with Gasteiger partial charge in [-0.2, -0.15) is 0 Å². The molecule has 11 heteroatoms. The Bertz CT molecular complexity index is 1270. The summed E-state index contributed by atoms with van der Waals surface area (Å²) in [5.41, 5.74) is 0.892. The number of anilines is 1. The number of carbonyl (C=O) groups excluding carboxylic acids is 1. The Morgan fingerprint density at radius 2 is 1.91 bits per heavy atom. The van der Waals surface area contributed by atoms with Crippen molar-refractivity contribution in [3.8, 4) is 5.75 Å². The number of carbonyl (C=O) groups is 1. The first kappa shape index (κ1) is 22.7. The van der Waals surface area contributed by atoms with E-state index in [1.54, 1.807) is 41.1 Å². The third-order valence-electron chi connectivity index (χ3n) is 4.24. The van der Waals surface area contributed by atoms with E-state index in [1.807, 2.05) is 12.1 Å². The summed E-state index contributed by atoms with van der Waals surface area (Å²) in [5, 5.41) is 8.23. The Morgan fingerprint density at radius 3 is 2.69 bits per heavy atom. The van der Waals surface area contributed by atoms with Gasteiger partial charge in [-0.1, -0.05) is 56.8 Å². The number of rotatable bonds is 7. The summed E-state index contributed by atoms with van der Waals surface area (Å²) in [5.74, 6) is 0.740. The van der Waals surface area contributed by atoms with Gasteiger partial charge in [0.2, 0.25) is 5.95 Å². The van der Waals surface area contributed by atoms with E-state index in [2.05, 4.69) is 31.3 Å². The predicted octanol–water partition coefficient (Wildman–Crippen LogP) is 6.47. The second-order valence-corrected chi connectivity index (χ2v) is 8.73. The van der Waals surface area contributed by atoms with Crippen LogP contribution in [0.3, 0.4) is 0 Å². The summed E-state index contributed by atoms with van der Waals surface area (Å²) < 4.78 is 13.6. The van der Waals surface area contributed by atoms with Crippen LogP contribution in [0.4, 0.5) is 5.95 Å². The largest absolute Gasteiger partial charge is 0.484 e. The Labute approximate surface area is 206 Å². The fourth-order valence-electron chi connectivity index (χ4n) is 2.73. The molecule has 0 atom stereocenters. The van der Waals surface area contributed by atoms with Gasteiger partial charge in [-0.05, 0) is 48.0 Å². The van der Waals surface area contributed by atoms with Gasteiger partial charge in [0.25, 0.3) is 5.91 Å². The molecule has 0 aliphatic heterocycles. The number of nitrogens with zero attached hydrogens (tertiary/aromatic N) is 3. The van der Waals surface area contributed by atoms with Crippen LogP contribution in [0.25, 0.3) is 0 Å². The van der Waals surface area contributed by atoms with E-state index in [1.165, 1.54) is 6.33 Å². The van der Waals surface area contributed by atoms with Gasteiger partial charge in [-0.3, -0.25) is 10.1 Å². The molecule has 1 amide bonds. The number of hydrogen-bond donors (Lipinski definition) is 1. The first-order chi connectivity index (χ1) is 15.4. The van der Waals surface area contributed by atoms with E-state index in [0.717, 1.165) is 10.0 Å². The number of hydrogen-bond acceptors (Lipinski definition) is 5. The van der Waals surface area contributed by atoms with Crippen LogP contribution in [-0.4, -0.2) is 20.7 Å². The molecule has 0 aliphatic carbocycles. The summed E-state index contributed by atoms with van der Waals surface area (Å²) >= 11 is 21.4. The van der Waals surface area contributed by atoms with E-state index in [0.29, 0.717) is 33.1 Å². The van der Waals surface area contributed by atoms with Crippen LogP contribution in [0, 0.1) is 0 Å². The molecule has 0 radical (unpaired) electrons. The zero-order valence-electron chi connectivity index (χ0n) is 16.2. The SMILES string of the molecule is O=C(Nc1ncn(Cc2ccc(Cl)c(Cl)c2)n1)c1ccc(COc2ccc(Br)cc2Cl)o1. The van der Waals surface area contributed by atoms with Crippen molar-refractivity contribution in [2.24, 2.45) is 0 Å². The van der Waals surface area contributed by atoms with Crippen molar-refractivity contribution in [3.63, 3.8) is 0 Å². The molecular weight excluding hydrogens is 543 g/mol. The highest BCUT2D eigenvalue weighted by Crippen LogP contribution is 2.28. The Balaban J connectivity index is 1.34. The second-order valence-electron chi connectivity index (χ2n) is 6.60. The minimum atomic E-state index is -0.481. The van der Waals surface area contributed by atoms with Gasteiger partial charge in [-0.25, -0.2) is 9.67 Å². The minimum absolute atomic E-state index is 0.103. The fraction of sp³-hybridized carbons (Fsp3) is 0.0952. The molecule has 4 rings (SSSR count). The molecular formula is C21H14BrCl3N4O3. The molecule has 2 heterocycles. The maximum atomic E-state index is 12.4. The van der Waals surface area contributed by atoms with Crippen LogP contribution in [0.1, 0.15) is 21.9 Å². The van der Waals surface area contributed by atoms with Crippen LogP contribution in [0.2, 0.25) is 15.1 Å². The van der Waals surface area contributed by atoms with Crippen LogP contribution in [0.5, 0.6) is 5.75 Å². The highest BCUT2D eigenvalue weighted by Gasteiger charge is 2.15. The van der Waals surface area contributed by atoms with Crippen molar-refractivity contribution in [1.82, 2.24) is 14.8 Å². The number of aromatic nitrogens is 3. The zero-order valence-corrected chi connectivity index (χ0v) is 20.0. The molecule has 0 spiro atoms. The second kappa shape index (κ2) is 9.95. The van der Waals surface area contributed by atoms with Crippen LogP contribution in [-0.2, 0) is 13.2 Å². The van der Waals surface area contributed by atoms with E-state index in [9.17, 15) is 4.79 Å². The molecule has 32 heavy (non-hydrogen) atoms. The van der Waals surface area contributed by atoms with Gasteiger partial charge in [0.05, 0.1) is 21.6 Å². The van der Waals surface area contributed by atoms with Crippen molar-refractivity contribution < 1.29 is 13.9 Å². The highest BCUT2D eigenvalue weighted by molar-refractivity contribution is 9.10.